The van der Waals surface area contributed by atoms with Crippen LogP contribution in [0.2, 0.25) is 0 Å². The topological polar surface area (TPSA) is 77.2 Å². The zero-order valence-corrected chi connectivity index (χ0v) is 14.1. The van der Waals surface area contributed by atoms with Crippen LogP contribution in [0.3, 0.4) is 0 Å². The molecule has 1 unspecified atom stereocenters. The van der Waals surface area contributed by atoms with Gasteiger partial charge in [-0.25, -0.2) is 9.18 Å². The molecule has 0 amide bonds. The summed E-state index contributed by atoms with van der Waals surface area (Å²) in [6.07, 6.45) is 5.35. The van der Waals surface area contributed by atoms with Crippen molar-refractivity contribution in [3.05, 3.63) is 59.3 Å². The lowest BCUT2D eigenvalue weighted by Gasteiger charge is -2.10. The fraction of sp³-hybridized carbons (Fsp3) is 0.316. The first-order valence-corrected chi connectivity index (χ1v) is 8.54. The second-order valence-electron chi connectivity index (χ2n) is 6.44. The average molecular weight is 355 g/mol. The Morgan fingerprint density at radius 3 is 3.04 bits per heavy atom. The van der Waals surface area contributed by atoms with E-state index in [1.54, 1.807) is 6.07 Å². The molecule has 2 aromatic heterocycles. The van der Waals surface area contributed by atoms with Gasteiger partial charge >= 0.3 is 5.97 Å². The lowest BCUT2D eigenvalue weighted by molar-refractivity contribution is 0.0695. The summed E-state index contributed by atoms with van der Waals surface area (Å²) < 4.78 is 21.3. The van der Waals surface area contributed by atoms with E-state index >= 15 is 0 Å². The number of carboxylic acid groups (broad SMARTS) is 1. The molecule has 0 radical (unpaired) electrons. The van der Waals surface area contributed by atoms with Gasteiger partial charge in [0.25, 0.3) is 0 Å². The Morgan fingerprint density at radius 2 is 2.27 bits per heavy atom. The fourth-order valence-corrected chi connectivity index (χ4v) is 3.43. The number of rotatable bonds is 5. The van der Waals surface area contributed by atoms with Gasteiger partial charge in [0.15, 0.2) is 0 Å². The van der Waals surface area contributed by atoms with Crippen molar-refractivity contribution in [1.82, 2.24) is 14.8 Å². The van der Waals surface area contributed by atoms with Crippen molar-refractivity contribution in [2.75, 3.05) is 6.61 Å². The Bertz CT molecular complexity index is 964. The number of carbonyl (C=O) groups is 1. The minimum atomic E-state index is -1.02. The van der Waals surface area contributed by atoms with Crippen LogP contribution in [0.4, 0.5) is 4.39 Å². The Morgan fingerprint density at radius 1 is 1.38 bits per heavy atom. The molecular weight excluding hydrogens is 337 g/mol. The largest absolute Gasteiger partial charge is 0.478 e. The molecule has 1 aromatic carbocycles. The number of hydrogen-bond donors (Lipinski definition) is 1. The minimum Gasteiger partial charge on any atom is -0.478 e. The average Bonchev–Trinajstić information content (AvgIpc) is 3.24. The van der Waals surface area contributed by atoms with Crippen molar-refractivity contribution < 1.29 is 19.0 Å². The van der Waals surface area contributed by atoms with E-state index in [0.717, 1.165) is 25.0 Å². The van der Waals surface area contributed by atoms with E-state index in [4.69, 9.17) is 4.74 Å². The number of nitrogens with zero attached hydrogens (tertiary/aromatic N) is 3. The third-order valence-corrected chi connectivity index (χ3v) is 4.68. The summed E-state index contributed by atoms with van der Waals surface area (Å²) in [5.74, 6) is -1.36. The predicted octanol–water partition coefficient (Wildman–Crippen LogP) is 3.04. The molecule has 1 saturated heterocycles. The molecule has 3 heterocycles. The number of ether oxygens (including phenoxy) is 1. The smallest absolute Gasteiger partial charge is 0.336 e. The number of hydrogen-bond acceptors (Lipinski definition) is 4. The highest BCUT2D eigenvalue weighted by atomic mass is 19.1. The quantitative estimate of drug-likeness (QED) is 0.761. The number of halogens is 1. The molecule has 6 nitrogen and oxygen atoms in total. The molecule has 0 bridgehead atoms. The molecule has 0 aliphatic carbocycles. The van der Waals surface area contributed by atoms with Gasteiger partial charge in [-0.05, 0) is 42.7 Å². The van der Waals surface area contributed by atoms with Crippen LogP contribution in [0.25, 0.3) is 10.9 Å². The Kier molecular flexibility index (Phi) is 4.38. The number of benzene rings is 1. The van der Waals surface area contributed by atoms with Crippen LogP contribution in [-0.4, -0.2) is 38.6 Å². The van der Waals surface area contributed by atoms with Gasteiger partial charge in [0, 0.05) is 30.8 Å². The first-order chi connectivity index (χ1) is 12.6. The SMILES string of the molecule is O=C(O)c1ccncc1Cc1nn(CC2CCCO2)c2ccc(F)cc12. The van der Waals surface area contributed by atoms with Gasteiger partial charge in [-0.15, -0.1) is 0 Å². The maximum absolute atomic E-state index is 13.8. The molecular formula is C19H18FN3O3. The van der Waals surface area contributed by atoms with E-state index in [-0.39, 0.29) is 23.9 Å². The Hall–Kier alpha value is -2.80. The molecule has 0 saturated carbocycles. The standard InChI is InChI=1S/C19H18FN3O3/c20-13-3-4-18-16(9-13)17(22-23(18)11-14-2-1-7-26-14)8-12-10-21-6-5-15(12)19(24)25/h3-6,9-10,14H,1-2,7-8,11H2,(H,24,25). The van der Waals surface area contributed by atoms with Gasteiger partial charge in [-0.2, -0.15) is 5.10 Å². The zero-order chi connectivity index (χ0) is 18.1. The summed E-state index contributed by atoms with van der Waals surface area (Å²) in [4.78, 5) is 15.5. The first kappa shape index (κ1) is 16.7. The third kappa shape index (κ3) is 3.17. The zero-order valence-electron chi connectivity index (χ0n) is 14.1. The summed E-state index contributed by atoms with van der Waals surface area (Å²) in [6.45, 7) is 1.35. The number of aromatic carboxylic acids is 1. The van der Waals surface area contributed by atoms with Gasteiger partial charge in [-0.1, -0.05) is 0 Å². The molecule has 3 aromatic rings. The second kappa shape index (κ2) is 6.84. The van der Waals surface area contributed by atoms with Crippen LogP contribution in [-0.2, 0) is 17.7 Å². The summed E-state index contributed by atoms with van der Waals surface area (Å²) in [5, 5.41) is 14.7. The maximum Gasteiger partial charge on any atom is 0.336 e. The van der Waals surface area contributed by atoms with Gasteiger partial charge in [0.2, 0.25) is 0 Å². The second-order valence-corrected chi connectivity index (χ2v) is 6.44. The minimum absolute atomic E-state index is 0.101. The molecule has 0 spiro atoms. The van der Waals surface area contributed by atoms with Crippen molar-refractivity contribution in [3.63, 3.8) is 0 Å². The fourth-order valence-electron chi connectivity index (χ4n) is 3.43. The molecule has 4 rings (SSSR count). The van der Waals surface area contributed by atoms with Crippen LogP contribution in [0.1, 0.15) is 34.5 Å². The molecule has 1 aliphatic heterocycles. The lowest BCUT2D eigenvalue weighted by atomic mass is 10.0. The van der Waals surface area contributed by atoms with E-state index in [2.05, 4.69) is 10.1 Å². The number of fused-ring (bicyclic) bond motifs is 1. The van der Waals surface area contributed by atoms with E-state index in [0.29, 0.717) is 23.2 Å². The van der Waals surface area contributed by atoms with E-state index < -0.39 is 5.97 Å². The molecule has 1 N–H and O–H groups in total. The monoisotopic (exact) mass is 355 g/mol. The van der Waals surface area contributed by atoms with Crippen LogP contribution < -0.4 is 0 Å². The van der Waals surface area contributed by atoms with Crippen molar-refractivity contribution in [2.45, 2.75) is 31.9 Å². The Balaban J connectivity index is 1.75. The van der Waals surface area contributed by atoms with E-state index in [1.165, 1.54) is 30.6 Å². The number of pyridine rings is 1. The molecule has 7 heteroatoms. The van der Waals surface area contributed by atoms with Crippen molar-refractivity contribution in [1.29, 1.82) is 0 Å². The van der Waals surface area contributed by atoms with Crippen molar-refractivity contribution >= 4 is 16.9 Å². The third-order valence-electron chi connectivity index (χ3n) is 4.68. The van der Waals surface area contributed by atoms with Gasteiger partial charge in [-0.3, -0.25) is 9.67 Å². The highest BCUT2D eigenvalue weighted by Crippen LogP contribution is 2.25. The van der Waals surface area contributed by atoms with Crippen LogP contribution in [0, 0.1) is 5.82 Å². The van der Waals surface area contributed by atoms with Crippen molar-refractivity contribution in [3.8, 4) is 0 Å². The highest BCUT2D eigenvalue weighted by Gasteiger charge is 2.20. The number of carboxylic acids is 1. The first-order valence-electron chi connectivity index (χ1n) is 8.54. The summed E-state index contributed by atoms with van der Waals surface area (Å²) in [5.41, 5.74) is 2.18. The molecule has 26 heavy (non-hydrogen) atoms. The van der Waals surface area contributed by atoms with Crippen LogP contribution >= 0.6 is 0 Å². The summed E-state index contributed by atoms with van der Waals surface area (Å²) in [6, 6.07) is 6.02. The normalized spacial score (nSPS) is 17.0. The van der Waals surface area contributed by atoms with Gasteiger partial charge < -0.3 is 9.84 Å². The molecule has 1 atom stereocenters. The maximum atomic E-state index is 13.8. The van der Waals surface area contributed by atoms with E-state index in [1.807, 2.05) is 4.68 Å². The van der Waals surface area contributed by atoms with Gasteiger partial charge in [0.1, 0.15) is 5.82 Å². The predicted molar refractivity (Wildman–Crippen MR) is 92.7 cm³/mol. The molecule has 1 fully saturated rings. The molecule has 134 valence electrons. The van der Waals surface area contributed by atoms with Crippen LogP contribution in [0.5, 0.6) is 0 Å². The van der Waals surface area contributed by atoms with E-state index in [9.17, 15) is 14.3 Å². The highest BCUT2D eigenvalue weighted by molar-refractivity contribution is 5.89. The van der Waals surface area contributed by atoms with Crippen molar-refractivity contribution in [2.24, 2.45) is 0 Å². The van der Waals surface area contributed by atoms with Crippen LogP contribution in [0.15, 0.2) is 36.7 Å². The number of aromatic nitrogens is 3. The molecule has 1 aliphatic rings. The van der Waals surface area contributed by atoms with Gasteiger partial charge in [0.05, 0.1) is 29.4 Å². The summed E-state index contributed by atoms with van der Waals surface area (Å²) in [7, 11) is 0. The summed E-state index contributed by atoms with van der Waals surface area (Å²) >= 11 is 0. The Labute approximate surface area is 149 Å². The lowest BCUT2D eigenvalue weighted by Crippen LogP contribution is -2.16.